The lowest BCUT2D eigenvalue weighted by Crippen LogP contribution is -2.56. The number of carbonyl (C=O) groups is 1. The Morgan fingerprint density at radius 3 is 2.63 bits per heavy atom. The molecule has 2 aliphatic heterocycles. The molecule has 2 atom stereocenters. The summed E-state index contributed by atoms with van der Waals surface area (Å²) >= 11 is 0. The quantitative estimate of drug-likeness (QED) is 0.348. The van der Waals surface area contributed by atoms with Crippen molar-refractivity contribution < 1.29 is 13.9 Å². The van der Waals surface area contributed by atoms with Crippen LogP contribution in [-0.4, -0.2) is 53.1 Å². The van der Waals surface area contributed by atoms with Crippen molar-refractivity contribution in [3.05, 3.63) is 94.4 Å². The summed E-state index contributed by atoms with van der Waals surface area (Å²) in [4.78, 5) is 24.9. The summed E-state index contributed by atoms with van der Waals surface area (Å²) in [6.07, 6.45) is 5.42. The van der Waals surface area contributed by atoms with Crippen molar-refractivity contribution in [1.29, 1.82) is 0 Å². The number of hydrogen-bond donors (Lipinski definition) is 3. The molecule has 0 bridgehead atoms. The summed E-state index contributed by atoms with van der Waals surface area (Å²) in [7, 11) is 1.62. The van der Waals surface area contributed by atoms with Crippen LogP contribution in [0.1, 0.15) is 29.9 Å². The number of hydrogen-bond acceptors (Lipinski definition) is 7. The molecule has 1 amide bonds. The van der Waals surface area contributed by atoms with Crippen molar-refractivity contribution >= 4 is 35.5 Å². The number of methoxy groups -OCH3 is 1. The van der Waals surface area contributed by atoms with Crippen LogP contribution in [0.25, 0.3) is 23.4 Å². The number of nitrogens with zero attached hydrogens (tertiary/aromatic N) is 3. The first-order valence-corrected chi connectivity index (χ1v) is 13.6. The van der Waals surface area contributed by atoms with E-state index in [1.165, 1.54) is 6.07 Å². The van der Waals surface area contributed by atoms with Crippen molar-refractivity contribution in [1.82, 2.24) is 20.2 Å². The fraction of sp³-hybridized carbons (Fsp3) is 0.219. The zero-order valence-corrected chi connectivity index (χ0v) is 23.1. The molecule has 0 aliphatic carbocycles. The molecule has 1 aromatic heterocycles. The number of fused-ring (bicyclic) bond motifs is 2. The van der Waals surface area contributed by atoms with Gasteiger partial charge in [0, 0.05) is 59.5 Å². The van der Waals surface area contributed by atoms with Crippen molar-refractivity contribution in [2.45, 2.75) is 25.9 Å². The van der Waals surface area contributed by atoms with Crippen LogP contribution in [-0.2, 0) is 0 Å². The van der Waals surface area contributed by atoms with Gasteiger partial charge in [0.1, 0.15) is 11.6 Å². The number of nitrogens with one attached hydrogen (secondary N) is 3. The van der Waals surface area contributed by atoms with Crippen molar-refractivity contribution in [3.8, 4) is 16.9 Å². The Morgan fingerprint density at radius 2 is 1.85 bits per heavy atom. The molecule has 2 aliphatic rings. The number of anilines is 3. The maximum atomic E-state index is 15.1. The van der Waals surface area contributed by atoms with Crippen LogP contribution in [0.2, 0.25) is 0 Å². The van der Waals surface area contributed by atoms with E-state index in [0.29, 0.717) is 52.9 Å². The maximum Gasteiger partial charge on any atom is 0.254 e. The minimum Gasteiger partial charge on any atom is -0.497 e. The number of aromatic nitrogens is 2. The third-order valence-electron chi connectivity index (χ3n) is 7.28. The minimum absolute atomic E-state index is 0.0838. The molecule has 3 aromatic carbocycles. The third-order valence-corrected chi connectivity index (χ3v) is 7.28. The summed E-state index contributed by atoms with van der Waals surface area (Å²) in [5, 5.41) is 11.5. The molecule has 1 fully saturated rings. The number of amides is 1. The summed E-state index contributed by atoms with van der Waals surface area (Å²) in [5.41, 5.74) is 3.65. The van der Waals surface area contributed by atoms with Crippen LogP contribution in [0.15, 0.2) is 66.9 Å². The molecular weight excluding hydrogens is 519 g/mol. The first kappa shape index (κ1) is 26.5. The maximum absolute atomic E-state index is 15.1. The van der Waals surface area contributed by atoms with E-state index < -0.39 is 0 Å². The Morgan fingerprint density at radius 1 is 1.05 bits per heavy atom. The van der Waals surface area contributed by atoms with Crippen LogP contribution < -0.4 is 31.1 Å². The fourth-order valence-electron chi connectivity index (χ4n) is 5.46. The van der Waals surface area contributed by atoms with E-state index >= 15 is 4.39 Å². The standard InChI is InChI=1S/C32H31FN6O2/c1-19-17-39(18-20(2)36-19)31(40)22-11-21-13-29-30(16-35-32(38-29)37-23-7-6-8-24(14-23)41-3)34-15-27(21)26(12-22)25-9-4-5-10-28(25)33/h4-16,19-20,34,36H,17-18H2,1-3H3,(H,35,37,38). The predicted molar refractivity (Wildman–Crippen MR) is 159 cm³/mol. The van der Waals surface area contributed by atoms with Gasteiger partial charge in [-0.2, -0.15) is 0 Å². The topological polar surface area (TPSA) is 91.4 Å². The molecule has 41 heavy (non-hydrogen) atoms. The Balaban J connectivity index is 1.47. The molecule has 9 heteroatoms. The molecule has 2 unspecified atom stereocenters. The molecular formula is C32H31FN6O2. The molecule has 208 valence electrons. The second-order valence-corrected chi connectivity index (χ2v) is 10.5. The number of benzene rings is 3. The van der Waals surface area contributed by atoms with Gasteiger partial charge in [0.2, 0.25) is 5.95 Å². The van der Waals surface area contributed by atoms with E-state index in [9.17, 15) is 4.79 Å². The fourth-order valence-corrected chi connectivity index (χ4v) is 5.46. The molecule has 3 N–H and O–H groups in total. The van der Waals surface area contributed by atoms with Crippen LogP contribution in [0, 0.1) is 5.82 Å². The zero-order valence-electron chi connectivity index (χ0n) is 23.1. The van der Waals surface area contributed by atoms with Crippen LogP contribution in [0.4, 0.5) is 21.7 Å². The van der Waals surface area contributed by atoms with E-state index in [1.807, 2.05) is 47.5 Å². The van der Waals surface area contributed by atoms with Crippen molar-refractivity contribution in [2.75, 3.05) is 30.8 Å². The lowest BCUT2D eigenvalue weighted by molar-refractivity contribution is 0.0673. The van der Waals surface area contributed by atoms with E-state index in [1.54, 1.807) is 37.6 Å². The second kappa shape index (κ2) is 11.0. The average molecular weight is 551 g/mol. The number of carbonyl (C=O) groups excluding carboxylic acids is 1. The molecule has 1 saturated heterocycles. The third kappa shape index (κ3) is 5.49. The zero-order chi connectivity index (χ0) is 28.5. The van der Waals surface area contributed by atoms with Gasteiger partial charge >= 0.3 is 0 Å². The second-order valence-electron chi connectivity index (χ2n) is 10.5. The van der Waals surface area contributed by atoms with Gasteiger partial charge in [-0.15, -0.1) is 0 Å². The smallest absolute Gasteiger partial charge is 0.254 e. The first-order chi connectivity index (χ1) is 19.9. The highest BCUT2D eigenvalue weighted by Crippen LogP contribution is 2.24. The Kier molecular flexibility index (Phi) is 7.11. The summed E-state index contributed by atoms with van der Waals surface area (Å²) in [6.45, 7) is 5.34. The largest absolute Gasteiger partial charge is 0.497 e. The van der Waals surface area contributed by atoms with Crippen LogP contribution in [0.5, 0.6) is 5.75 Å². The molecule has 4 aromatic rings. The highest BCUT2D eigenvalue weighted by molar-refractivity contribution is 5.96. The van der Waals surface area contributed by atoms with Gasteiger partial charge in [0.15, 0.2) is 0 Å². The van der Waals surface area contributed by atoms with Gasteiger partial charge in [0.05, 0.1) is 24.7 Å². The van der Waals surface area contributed by atoms with Gasteiger partial charge in [-0.3, -0.25) is 4.79 Å². The number of rotatable bonds is 5. The predicted octanol–water partition coefficient (Wildman–Crippen LogP) is 3.85. The Hall–Kier alpha value is -4.76. The van der Waals surface area contributed by atoms with Crippen molar-refractivity contribution in [3.63, 3.8) is 0 Å². The van der Waals surface area contributed by atoms with E-state index in [0.717, 1.165) is 16.1 Å². The van der Waals surface area contributed by atoms with Crippen LogP contribution in [0.3, 0.4) is 0 Å². The van der Waals surface area contributed by atoms with Gasteiger partial charge in [0.25, 0.3) is 5.91 Å². The summed E-state index contributed by atoms with van der Waals surface area (Å²) in [5.74, 6) is 0.680. The first-order valence-electron chi connectivity index (χ1n) is 13.6. The van der Waals surface area contributed by atoms with E-state index in [4.69, 9.17) is 9.72 Å². The number of halogens is 1. The lowest BCUT2D eigenvalue weighted by atomic mass is 9.97. The Labute approximate surface area is 237 Å². The number of piperazine rings is 1. The van der Waals surface area contributed by atoms with Gasteiger partial charge in [-0.1, -0.05) is 24.3 Å². The molecule has 3 heterocycles. The van der Waals surface area contributed by atoms with E-state index in [2.05, 4.69) is 34.8 Å². The SMILES string of the molecule is COc1cccc(Nc2ncc3c(n2)C=c2cc(C(=O)N4CC(C)NC(C)C4)cc(-c4ccccc4F)c2=CN3)c1. The summed E-state index contributed by atoms with van der Waals surface area (Å²) in [6, 6.07) is 18.1. The molecule has 0 spiro atoms. The molecule has 6 rings (SSSR count). The normalized spacial score (nSPS) is 17.6. The summed E-state index contributed by atoms with van der Waals surface area (Å²) < 4.78 is 20.4. The minimum atomic E-state index is -0.358. The van der Waals surface area contributed by atoms with Gasteiger partial charge in [-0.25, -0.2) is 14.4 Å². The monoisotopic (exact) mass is 550 g/mol. The highest BCUT2D eigenvalue weighted by atomic mass is 19.1. The van der Waals surface area contributed by atoms with Gasteiger partial charge in [-0.05, 0) is 61.0 Å². The van der Waals surface area contributed by atoms with Crippen molar-refractivity contribution in [2.24, 2.45) is 0 Å². The van der Waals surface area contributed by atoms with E-state index in [-0.39, 0.29) is 23.8 Å². The Bertz CT molecular complexity index is 1750. The lowest BCUT2D eigenvalue weighted by Gasteiger charge is -2.36. The number of ether oxygens (including phenoxy) is 1. The van der Waals surface area contributed by atoms with Crippen LogP contribution >= 0.6 is 0 Å². The molecule has 0 saturated carbocycles. The molecule has 0 radical (unpaired) electrons. The van der Waals surface area contributed by atoms with Gasteiger partial charge < -0.3 is 25.6 Å². The average Bonchev–Trinajstić information content (AvgIpc) is 3.15. The molecule has 8 nitrogen and oxygen atoms in total. The highest BCUT2D eigenvalue weighted by Gasteiger charge is 2.26.